The maximum absolute atomic E-state index is 10.4. The van der Waals surface area contributed by atoms with Crippen LogP contribution >= 0.6 is 27.5 Å². The molecule has 0 aliphatic carbocycles. The molecule has 5 heteroatoms. The fraction of sp³-hybridized carbons (Fsp3) is 0.308. The zero-order chi connectivity index (χ0) is 13.3. The summed E-state index contributed by atoms with van der Waals surface area (Å²) in [4.78, 5) is 0. The van der Waals surface area contributed by atoms with Gasteiger partial charge in [0.25, 0.3) is 0 Å². The topological polar surface area (TPSA) is 38.0 Å². The lowest BCUT2D eigenvalue weighted by Gasteiger charge is -2.14. The van der Waals surface area contributed by atoms with Crippen molar-refractivity contribution in [3.05, 3.63) is 50.7 Å². The Kier molecular flexibility index (Phi) is 4.10. The number of nitrogens with zero attached hydrogens (tertiary/aromatic N) is 2. The molecule has 1 atom stereocenters. The Hall–Kier alpha value is -0.840. The van der Waals surface area contributed by atoms with Gasteiger partial charge in [0.15, 0.2) is 0 Å². The maximum atomic E-state index is 10.4. The summed E-state index contributed by atoms with van der Waals surface area (Å²) in [5, 5.41) is 15.1. The molecule has 1 heterocycles. The molecule has 0 amide bonds. The third-order valence-corrected chi connectivity index (χ3v) is 4.07. The van der Waals surface area contributed by atoms with Gasteiger partial charge in [-0.2, -0.15) is 5.10 Å². The van der Waals surface area contributed by atoms with Crippen LogP contribution in [0.1, 0.15) is 29.8 Å². The first kappa shape index (κ1) is 13.6. The minimum Gasteiger partial charge on any atom is -0.382 e. The van der Waals surface area contributed by atoms with Crippen LogP contribution in [0.3, 0.4) is 0 Å². The number of aryl methyl sites for hydroxylation is 2. The van der Waals surface area contributed by atoms with Gasteiger partial charge in [-0.05, 0) is 31.0 Å². The Morgan fingerprint density at radius 3 is 2.83 bits per heavy atom. The Labute approximate surface area is 120 Å². The van der Waals surface area contributed by atoms with Gasteiger partial charge in [-0.3, -0.25) is 4.68 Å². The van der Waals surface area contributed by atoms with Gasteiger partial charge in [0.05, 0.1) is 16.9 Å². The van der Waals surface area contributed by atoms with Crippen molar-refractivity contribution >= 4 is 27.5 Å². The molecule has 0 radical (unpaired) electrons. The molecule has 0 fully saturated rings. The van der Waals surface area contributed by atoms with Gasteiger partial charge in [0, 0.05) is 11.0 Å². The number of benzene rings is 1. The fourth-order valence-corrected chi connectivity index (χ4v) is 2.38. The Bertz CT molecular complexity index is 568. The van der Waals surface area contributed by atoms with Crippen molar-refractivity contribution in [3.8, 4) is 0 Å². The molecule has 18 heavy (non-hydrogen) atoms. The lowest BCUT2D eigenvalue weighted by atomic mass is 10.0. The van der Waals surface area contributed by atoms with Crippen molar-refractivity contribution in [3.63, 3.8) is 0 Å². The molecular weight excluding hydrogens is 316 g/mol. The summed E-state index contributed by atoms with van der Waals surface area (Å²) in [5.74, 6) is 0. The van der Waals surface area contributed by atoms with Crippen LogP contribution in [0.5, 0.6) is 0 Å². The molecule has 2 aromatic rings. The SMILES string of the molecule is CCn1ncc(Cl)c1C(O)c1ccc(Br)c(C)c1. The summed E-state index contributed by atoms with van der Waals surface area (Å²) >= 11 is 9.53. The van der Waals surface area contributed by atoms with Gasteiger partial charge >= 0.3 is 0 Å². The van der Waals surface area contributed by atoms with E-state index in [4.69, 9.17) is 11.6 Å². The van der Waals surface area contributed by atoms with E-state index in [1.54, 1.807) is 10.9 Å². The molecule has 3 nitrogen and oxygen atoms in total. The van der Waals surface area contributed by atoms with Gasteiger partial charge in [-0.15, -0.1) is 0 Å². The number of aromatic nitrogens is 2. The lowest BCUT2D eigenvalue weighted by molar-refractivity contribution is 0.208. The number of halogens is 2. The average molecular weight is 330 g/mol. The third kappa shape index (κ3) is 2.46. The summed E-state index contributed by atoms with van der Waals surface area (Å²) in [6.07, 6.45) is 0.807. The smallest absolute Gasteiger partial charge is 0.122 e. The van der Waals surface area contributed by atoms with Crippen LogP contribution in [0, 0.1) is 6.92 Å². The third-order valence-electron chi connectivity index (χ3n) is 2.89. The Morgan fingerprint density at radius 1 is 1.50 bits per heavy atom. The largest absolute Gasteiger partial charge is 0.382 e. The maximum Gasteiger partial charge on any atom is 0.122 e. The molecule has 1 unspecified atom stereocenters. The molecular formula is C13H14BrClN2O. The summed E-state index contributed by atoms with van der Waals surface area (Å²) in [6, 6.07) is 5.75. The molecule has 0 saturated heterocycles. The van der Waals surface area contributed by atoms with E-state index in [2.05, 4.69) is 21.0 Å². The molecule has 1 aromatic carbocycles. The van der Waals surface area contributed by atoms with Crippen molar-refractivity contribution in [1.82, 2.24) is 9.78 Å². The van der Waals surface area contributed by atoms with E-state index in [0.717, 1.165) is 15.6 Å². The van der Waals surface area contributed by atoms with E-state index in [9.17, 15) is 5.11 Å². The predicted octanol–water partition coefficient (Wildman–Crippen LogP) is 3.71. The monoisotopic (exact) mass is 328 g/mol. The van der Waals surface area contributed by atoms with E-state index in [1.165, 1.54) is 0 Å². The van der Waals surface area contributed by atoms with Gasteiger partial charge in [0.2, 0.25) is 0 Å². The summed E-state index contributed by atoms with van der Waals surface area (Å²) in [6.45, 7) is 4.63. The molecule has 0 spiro atoms. The van der Waals surface area contributed by atoms with Crippen molar-refractivity contribution < 1.29 is 5.11 Å². The van der Waals surface area contributed by atoms with Crippen LogP contribution in [0.2, 0.25) is 5.02 Å². The first-order valence-corrected chi connectivity index (χ1v) is 6.87. The van der Waals surface area contributed by atoms with E-state index in [0.29, 0.717) is 17.3 Å². The van der Waals surface area contributed by atoms with Crippen molar-refractivity contribution in [2.24, 2.45) is 0 Å². The minimum absolute atomic E-state index is 0.491. The molecule has 96 valence electrons. The standard InChI is InChI=1S/C13H14BrClN2O/c1-3-17-12(11(15)7-16-17)13(18)9-4-5-10(14)8(2)6-9/h4-7,13,18H,3H2,1-2H3. The normalized spacial score (nSPS) is 12.7. The number of rotatable bonds is 3. The van der Waals surface area contributed by atoms with Crippen LogP contribution in [-0.2, 0) is 6.54 Å². The zero-order valence-corrected chi connectivity index (χ0v) is 12.5. The Morgan fingerprint density at radius 2 is 2.22 bits per heavy atom. The minimum atomic E-state index is -0.758. The van der Waals surface area contributed by atoms with Gasteiger partial charge in [-0.1, -0.05) is 39.7 Å². The summed E-state index contributed by atoms with van der Waals surface area (Å²) < 4.78 is 2.73. The van der Waals surface area contributed by atoms with Crippen LogP contribution in [0.4, 0.5) is 0 Å². The van der Waals surface area contributed by atoms with Crippen LogP contribution in [-0.4, -0.2) is 14.9 Å². The number of hydrogen-bond donors (Lipinski definition) is 1. The second kappa shape index (κ2) is 5.43. The molecule has 2 rings (SSSR count). The number of aliphatic hydroxyl groups is 1. The molecule has 1 N–H and O–H groups in total. The van der Waals surface area contributed by atoms with Crippen LogP contribution in [0.15, 0.2) is 28.9 Å². The molecule has 0 aliphatic heterocycles. The second-order valence-electron chi connectivity index (χ2n) is 4.10. The number of hydrogen-bond acceptors (Lipinski definition) is 2. The van der Waals surface area contributed by atoms with Gasteiger partial charge in [0.1, 0.15) is 6.10 Å². The quantitative estimate of drug-likeness (QED) is 0.932. The highest BCUT2D eigenvalue weighted by Crippen LogP contribution is 2.30. The van der Waals surface area contributed by atoms with Crippen LogP contribution < -0.4 is 0 Å². The summed E-state index contributed by atoms with van der Waals surface area (Å²) in [5.41, 5.74) is 2.53. The first-order valence-electron chi connectivity index (χ1n) is 5.70. The second-order valence-corrected chi connectivity index (χ2v) is 5.37. The van der Waals surface area contributed by atoms with Gasteiger partial charge < -0.3 is 5.11 Å². The number of aliphatic hydroxyl groups excluding tert-OH is 1. The first-order chi connectivity index (χ1) is 8.54. The van der Waals surface area contributed by atoms with E-state index in [1.807, 2.05) is 32.0 Å². The molecule has 1 aromatic heterocycles. The summed E-state index contributed by atoms with van der Waals surface area (Å²) in [7, 11) is 0. The van der Waals surface area contributed by atoms with Crippen molar-refractivity contribution in [1.29, 1.82) is 0 Å². The highest BCUT2D eigenvalue weighted by Gasteiger charge is 2.19. The van der Waals surface area contributed by atoms with Crippen molar-refractivity contribution in [2.45, 2.75) is 26.5 Å². The van der Waals surface area contributed by atoms with E-state index < -0.39 is 6.10 Å². The van der Waals surface area contributed by atoms with Crippen molar-refractivity contribution in [2.75, 3.05) is 0 Å². The highest BCUT2D eigenvalue weighted by atomic mass is 79.9. The highest BCUT2D eigenvalue weighted by molar-refractivity contribution is 9.10. The van der Waals surface area contributed by atoms with Crippen LogP contribution in [0.25, 0.3) is 0 Å². The zero-order valence-electron chi connectivity index (χ0n) is 10.2. The van der Waals surface area contributed by atoms with E-state index in [-0.39, 0.29) is 0 Å². The molecule has 0 bridgehead atoms. The molecule has 0 aliphatic rings. The average Bonchev–Trinajstić information content (AvgIpc) is 2.73. The molecule has 0 saturated carbocycles. The lowest BCUT2D eigenvalue weighted by Crippen LogP contribution is -2.09. The Balaban J connectivity index is 2.44. The predicted molar refractivity (Wildman–Crippen MR) is 75.9 cm³/mol. The fourth-order valence-electron chi connectivity index (χ4n) is 1.89. The van der Waals surface area contributed by atoms with E-state index >= 15 is 0 Å². The van der Waals surface area contributed by atoms with Gasteiger partial charge in [-0.25, -0.2) is 0 Å².